The fourth-order valence-corrected chi connectivity index (χ4v) is 2.80. The molecule has 0 aliphatic heterocycles. The fraction of sp³-hybridized carbons (Fsp3) is 0.222. The molecule has 0 atom stereocenters. The lowest BCUT2D eigenvalue weighted by Crippen LogP contribution is -1.96. The molecule has 3 aromatic carbocycles. The summed E-state index contributed by atoms with van der Waals surface area (Å²) in [4.78, 5) is 0. The van der Waals surface area contributed by atoms with E-state index in [0.29, 0.717) is 23.8 Å². The van der Waals surface area contributed by atoms with Crippen LogP contribution in [0, 0.1) is 5.82 Å². The minimum Gasteiger partial charge on any atom is -0.396 e. The van der Waals surface area contributed by atoms with Crippen molar-refractivity contribution in [1.82, 2.24) is 0 Å². The summed E-state index contributed by atoms with van der Waals surface area (Å²) >= 11 is 0. The second kappa shape index (κ2) is 5.80. The number of halogens is 1. The average Bonchev–Trinajstić information content (AvgIpc) is 2.50. The lowest BCUT2D eigenvalue weighted by Gasteiger charge is -2.09. The second-order valence-electron chi connectivity index (χ2n) is 5.20. The predicted molar refractivity (Wildman–Crippen MR) is 83.0 cm³/mol. The van der Waals surface area contributed by atoms with Crippen molar-refractivity contribution in [2.24, 2.45) is 0 Å². The Balaban J connectivity index is 2.22. The van der Waals surface area contributed by atoms with Crippen molar-refractivity contribution in [1.29, 1.82) is 0 Å². The molecule has 0 radical (unpaired) electrons. The highest BCUT2D eigenvalue weighted by atomic mass is 19.1. The number of aliphatic hydroxyl groups is 2. The molecule has 3 heteroatoms. The van der Waals surface area contributed by atoms with Crippen LogP contribution >= 0.6 is 0 Å². The Labute approximate surface area is 122 Å². The third-order valence-electron chi connectivity index (χ3n) is 3.88. The summed E-state index contributed by atoms with van der Waals surface area (Å²) in [5.41, 5.74) is 1.61. The first-order chi connectivity index (χ1) is 10.2. The molecule has 0 amide bonds. The van der Waals surface area contributed by atoms with Gasteiger partial charge in [0.05, 0.1) is 0 Å². The molecule has 0 aliphatic carbocycles. The van der Waals surface area contributed by atoms with Crippen LogP contribution in [-0.4, -0.2) is 23.4 Å². The molecule has 0 aliphatic rings. The number of benzene rings is 3. The zero-order valence-corrected chi connectivity index (χ0v) is 11.6. The highest BCUT2D eigenvalue weighted by molar-refractivity contribution is 6.07. The van der Waals surface area contributed by atoms with E-state index in [0.717, 1.165) is 21.7 Å². The first-order valence-electron chi connectivity index (χ1n) is 7.09. The third-order valence-corrected chi connectivity index (χ3v) is 3.88. The molecule has 2 nitrogen and oxygen atoms in total. The molecular weight excluding hydrogens is 267 g/mol. The third kappa shape index (κ3) is 2.50. The molecule has 0 saturated heterocycles. The zero-order chi connectivity index (χ0) is 14.8. The van der Waals surface area contributed by atoms with Crippen molar-refractivity contribution in [3.8, 4) is 0 Å². The van der Waals surface area contributed by atoms with Gasteiger partial charge < -0.3 is 10.2 Å². The number of fused-ring (bicyclic) bond motifs is 3. The fourth-order valence-electron chi connectivity index (χ4n) is 2.80. The van der Waals surface area contributed by atoms with Crippen molar-refractivity contribution in [2.75, 3.05) is 13.2 Å². The average molecular weight is 284 g/mol. The van der Waals surface area contributed by atoms with Crippen LogP contribution in [0.3, 0.4) is 0 Å². The monoisotopic (exact) mass is 284 g/mol. The predicted octanol–water partition coefficient (Wildman–Crippen LogP) is 3.20. The summed E-state index contributed by atoms with van der Waals surface area (Å²) in [6.07, 6.45) is 0.951. The van der Waals surface area contributed by atoms with Crippen molar-refractivity contribution >= 4 is 21.5 Å². The van der Waals surface area contributed by atoms with Crippen LogP contribution < -0.4 is 0 Å². The van der Waals surface area contributed by atoms with E-state index in [4.69, 9.17) is 10.2 Å². The van der Waals surface area contributed by atoms with Gasteiger partial charge in [0.1, 0.15) is 5.82 Å². The quantitative estimate of drug-likeness (QED) is 0.722. The van der Waals surface area contributed by atoms with E-state index in [9.17, 15) is 4.39 Å². The van der Waals surface area contributed by atoms with E-state index in [-0.39, 0.29) is 19.0 Å². The number of rotatable bonds is 4. The highest BCUT2D eigenvalue weighted by Gasteiger charge is 2.09. The Morgan fingerprint density at radius 3 is 2.24 bits per heavy atom. The van der Waals surface area contributed by atoms with Gasteiger partial charge in [-0.1, -0.05) is 42.5 Å². The number of hydrogen-bond donors (Lipinski definition) is 2. The molecule has 0 heterocycles. The Kier molecular flexibility index (Phi) is 3.86. The van der Waals surface area contributed by atoms with Gasteiger partial charge in [0, 0.05) is 18.6 Å². The first-order valence-corrected chi connectivity index (χ1v) is 7.09. The molecule has 0 saturated carbocycles. The smallest absolute Gasteiger partial charge is 0.134 e. The Bertz CT molecular complexity index is 796. The summed E-state index contributed by atoms with van der Waals surface area (Å²) in [5.74, 6) is -0.247. The van der Waals surface area contributed by atoms with Gasteiger partial charge in [-0.3, -0.25) is 0 Å². The van der Waals surface area contributed by atoms with Gasteiger partial charge in [-0.25, -0.2) is 4.39 Å². The lowest BCUT2D eigenvalue weighted by molar-refractivity contribution is 0.298. The second-order valence-corrected chi connectivity index (χ2v) is 5.20. The standard InChI is InChI=1S/C18H17FO2/c19-18-13(8-10-21)2-5-16-15-4-1-12(7-9-20)11-14(15)3-6-17(16)18/h1-6,11,20-21H,7-10H2. The normalized spacial score (nSPS) is 11.4. The zero-order valence-electron chi connectivity index (χ0n) is 11.6. The summed E-state index contributed by atoms with van der Waals surface area (Å²) in [7, 11) is 0. The Hall–Kier alpha value is -1.97. The van der Waals surface area contributed by atoms with E-state index >= 15 is 0 Å². The summed E-state index contributed by atoms with van der Waals surface area (Å²) in [5, 5.41) is 21.5. The van der Waals surface area contributed by atoms with Crippen LogP contribution in [0.5, 0.6) is 0 Å². The van der Waals surface area contributed by atoms with Crippen LogP contribution in [0.15, 0.2) is 42.5 Å². The van der Waals surface area contributed by atoms with Gasteiger partial charge >= 0.3 is 0 Å². The van der Waals surface area contributed by atoms with Gasteiger partial charge in [-0.05, 0) is 40.1 Å². The van der Waals surface area contributed by atoms with Crippen LogP contribution in [0.2, 0.25) is 0 Å². The Morgan fingerprint density at radius 2 is 1.48 bits per heavy atom. The maximum absolute atomic E-state index is 14.4. The molecule has 0 bridgehead atoms. The highest BCUT2D eigenvalue weighted by Crippen LogP contribution is 2.29. The largest absolute Gasteiger partial charge is 0.396 e. The molecule has 0 aromatic heterocycles. The van der Waals surface area contributed by atoms with Gasteiger partial charge in [0.15, 0.2) is 0 Å². The lowest BCUT2D eigenvalue weighted by atomic mass is 9.97. The molecular formula is C18H17FO2. The minimum absolute atomic E-state index is 0.0550. The maximum Gasteiger partial charge on any atom is 0.134 e. The summed E-state index contributed by atoms with van der Waals surface area (Å²) in [6.45, 7) is 0.0682. The van der Waals surface area contributed by atoms with E-state index in [1.807, 2.05) is 30.3 Å². The van der Waals surface area contributed by atoms with Crippen molar-refractivity contribution in [3.63, 3.8) is 0 Å². The molecule has 2 N–H and O–H groups in total. The minimum atomic E-state index is -0.247. The van der Waals surface area contributed by atoms with Crippen LogP contribution in [0.25, 0.3) is 21.5 Å². The Morgan fingerprint density at radius 1 is 0.762 bits per heavy atom. The molecule has 3 rings (SSSR count). The van der Waals surface area contributed by atoms with Crippen molar-refractivity contribution < 1.29 is 14.6 Å². The van der Waals surface area contributed by atoms with Gasteiger partial charge in [0.25, 0.3) is 0 Å². The van der Waals surface area contributed by atoms with Gasteiger partial charge in [0.2, 0.25) is 0 Å². The SMILES string of the molecule is OCCc1ccc2c(ccc3c(F)c(CCO)ccc32)c1. The van der Waals surface area contributed by atoms with Gasteiger partial charge in [-0.2, -0.15) is 0 Å². The molecule has 3 aromatic rings. The van der Waals surface area contributed by atoms with Crippen LogP contribution in [0.4, 0.5) is 4.39 Å². The molecule has 0 spiro atoms. The maximum atomic E-state index is 14.4. The molecule has 21 heavy (non-hydrogen) atoms. The molecule has 0 fully saturated rings. The van der Waals surface area contributed by atoms with Crippen molar-refractivity contribution in [2.45, 2.75) is 12.8 Å². The summed E-state index contributed by atoms with van der Waals surface area (Å²) < 4.78 is 14.4. The van der Waals surface area contributed by atoms with E-state index < -0.39 is 0 Å². The molecule has 0 unspecified atom stereocenters. The van der Waals surface area contributed by atoms with Crippen LogP contribution in [0.1, 0.15) is 11.1 Å². The first kappa shape index (κ1) is 14.0. The van der Waals surface area contributed by atoms with Crippen LogP contribution in [-0.2, 0) is 12.8 Å². The summed E-state index contributed by atoms with van der Waals surface area (Å²) in [6, 6.07) is 13.3. The van der Waals surface area contributed by atoms with Gasteiger partial charge in [-0.15, -0.1) is 0 Å². The molecule has 108 valence electrons. The number of aliphatic hydroxyl groups excluding tert-OH is 2. The van der Waals surface area contributed by atoms with Crippen molar-refractivity contribution in [3.05, 3.63) is 59.4 Å². The van der Waals surface area contributed by atoms with E-state index in [1.165, 1.54) is 0 Å². The topological polar surface area (TPSA) is 40.5 Å². The number of hydrogen-bond acceptors (Lipinski definition) is 2. The van der Waals surface area contributed by atoms with E-state index in [2.05, 4.69) is 0 Å². The van der Waals surface area contributed by atoms with E-state index in [1.54, 1.807) is 12.1 Å².